The Hall–Kier alpha value is -2.69. The zero-order valence-corrected chi connectivity index (χ0v) is 13.2. The van der Waals surface area contributed by atoms with Gasteiger partial charge in [-0.1, -0.05) is 19.9 Å². The third-order valence-corrected chi connectivity index (χ3v) is 4.58. The average molecular weight is 306 g/mol. The Kier molecular flexibility index (Phi) is 2.98. The molecule has 1 fully saturated rings. The van der Waals surface area contributed by atoms with Crippen LogP contribution >= 0.6 is 0 Å². The third kappa shape index (κ3) is 2.11. The largest absolute Gasteiger partial charge is 0.346 e. The summed E-state index contributed by atoms with van der Waals surface area (Å²) in [6, 6.07) is 7.70. The minimum atomic E-state index is 0.0446. The summed E-state index contributed by atoms with van der Waals surface area (Å²) in [7, 11) is 0. The van der Waals surface area contributed by atoms with Crippen molar-refractivity contribution in [3.05, 3.63) is 60.2 Å². The monoisotopic (exact) mass is 306 g/mol. The number of pyridine rings is 2. The number of hydrogen-bond donors (Lipinski definition) is 1. The predicted molar refractivity (Wildman–Crippen MR) is 87.9 cm³/mol. The molecule has 3 aromatic rings. The molecule has 5 heteroatoms. The summed E-state index contributed by atoms with van der Waals surface area (Å²) in [6.07, 6.45) is 7.10. The van der Waals surface area contributed by atoms with Crippen LogP contribution in [0, 0.1) is 5.41 Å². The summed E-state index contributed by atoms with van der Waals surface area (Å²) in [5.74, 6) is 0.0465. The fourth-order valence-electron chi connectivity index (χ4n) is 3.59. The average Bonchev–Trinajstić information content (AvgIpc) is 3.01. The van der Waals surface area contributed by atoms with Crippen LogP contribution < -0.4 is 0 Å². The summed E-state index contributed by atoms with van der Waals surface area (Å²) < 4.78 is 0. The molecule has 4 rings (SSSR count). The molecule has 1 amide bonds. The molecule has 3 aromatic heterocycles. The molecular formula is C18H18N4O. The van der Waals surface area contributed by atoms with Gasteiger partial charge in [0.2, 0.25) is 0 Å². The fraction of sp³-hybridized carbons (Fsp3) is 0.278. The molecule has 0 spiro atoms. The Morgan fingerprint density at radius 3 is 2.91 bits per heavy atom. The van der Waals surface area contributed by atoms with Gasteiger partial charge >= 0.3 is 0 Å². The van der Waals surface area contributed by atoms with Crippen molar-refractivity contribution in [3.8, 4) is 0 Å². The first-order valence-corrected chi connectivity index (χ1v) is 7.71. The molecule has 23 heavy (non-hydrogen) atoms. The molecule has 0 bridgehead atoms. The SMILES string of the molecule is CC1(C)CN(C(=O)c2ccnc3[nH]ccc23)C1c1cccnc1. The van der Waals surface area contributed by atoms with E-state index >= 15 is 0 Å². The van der Waals surface area contributed by atoms with Crippen LogP contribution in [0.3, 0.4) is 0 Å². The van der Waals surface area contributed by atoms with Crippen molar-refractivity contribution in [1.29, 1.82) is 0 Å². The van der Waals surface area contributed by atoms with E-state index in [1.807, 2.05) is 35.5 Å². The molecular weight excluding hydrogens is 288 g/mol. The van der Waals surface area contributed by atoms with Gasteiger partial charge in [0, 0.05) is 42.1 Å². The zero-order chi connectivity index (χ0) is 16.0. The van der Waals surface area contributed by atoms with E-state index in [0.29, 0.717) is 5.56 Å². The van der Waals surface area contributed by atoms with Crippen molar-refractivity contribution < 1.29 is 4.79 Å². The Morgan fingerprint density at radius 2 is 2.17 bits per heavy atom. The third-order valence-electron chi connectivity index (χ3n) is 4.58. The van der Waals surface area contributed by atoms with Gasteiger partial charge in [-0.3, -0.25) is 9.78 Å². The van der Waals surface area contributed by atoms with E-state index in [1.54, 1.807) is 18.5 Å². The summed E-state index contributed by atoms with van der Waals surface area (Å²) in [5.41, 5.74) is 2.56. The second-order valence-corrected chi connectivity index (χ2v) is 6.71. The van der Waals surface area contributed by atoms with E-state index in [2.05, 4.69) is 28.8 Å². The molecule has 1 unspecified atom stereocenters. The highest BCUT2D eigenvalue weighted by Crippen LogP contribution is 2.48. The first-order chi connectivity index (χ1) is 11.1. The number of nitrogens with one attached hydrogen (secondary N) is 1. The summed E-state index contributed by atoms with van der Waals surface area (Å²) in [6.45, 7) is 5.11. The number of rotatable bonds is 2. The Bertz CT molecular complexity index is 869. The zero-order valence-electron chi connectivity index (χ0n) is 13.2. The Labute approximate surface area is 134 Å². The van der Waals surface area contributed by atoms with Gasteiger partial charge in [-0.05, 0) is 23.8 Å². The molecule has 4 heterocycles. The Balaban J connectivity index is 1.73. The standard InChI is InChI=1S/C18H18N4O/c1-18(2)11-22(15(18)12-4-3-7-19-10-12)17(23)14-6-9-21-16-13(14)5-8-20-16/h3-10,15H,11H2,1-2H3,(H,20,21). The maximum absolute atomic E-state index is 13.1. The second kappa shape index (κ2) is 4.91. The highest BCUT2D eigenvalue weighted by atomic mass is 16.2. The summed E-state index contributed by atoms with van der Waals surface area (Å²) in [5, 5.41) is 0.868. The van der Waals surface area contributed by atoms with Crippen LogP contribution in [0.15, 0.2) is 49.1 Å². The molecule has 0 aromatic carbocycles. The van der Waals surface area contributed by atoms with Crippen molar-refractivity contribution in [2.45, 2.75) is 19.9 Å². The molecule has 1 aliphatic rings. The highest BCUT2D eigenvalue weighted by molar-refractivity contribution is 6.06. The fourth-order valence-corrected chi connectivity index (χ4v) is 3.59. The maximum Gasteiger partial charge on any atom is 0.255 e. The van der Waals surface area contributed by atoms with Gasteiger partial charge in [0.1, 0.15) is 5.65 Å². The smallest absolute Gasteiger partial charge is 0.255 e. The van der Waals surface area contributed by atoms with Gasteiger partial charge in [-0.15, -0.1) is 0 Å². The summed E-state index contributed by atoms with van der Waals surface area (Å²) in [4.78, 5) is 26.5. The van der Waals surface area contributed by atoms with Gasteiger partial charge in [-0.25, -0.2) is 4.98 Å². The number of fused-ring (bicyclic) bond motifs is 1. The number of amides is 1. The lowest BCUT2D eigenvalue weighted by atomic mass is 9.71. The number of carbonyl (C=O) groups is 1. The van der Waals surface area contributed by atoms with Crippen LogP contribution in [0.4, 0.5) is 0 Å². The van der Waals surface area contributed by atoms with E-state index in [-0.39, 0.29) is 17.4 Å². The minimum Gasteiger partial charge on any atom is -0.346 e. The molecule has 5 nitrogen and oxygen atoms in total. The molecule has 1 saturated heterocycles. The molecule has 116 valence electrons. The Morgan fingerprint density at radius 1 is 1.30 bits per heavy atom. The molecule has 1 atom stereocenters. The number of aromatic amines is 1. The molecule has 0 aliphatic carbocycles. The molecule has 0 radical (unpaired) electrons. The van der Waals surface area contributed by atoms with E-state index < -0.39 is 0 Å². The maximum atomic E-state index is 13.1. The topological polar surface area (TPSA) is 61.9 Å². The van der Waals surface area contributed by atoms with Crippen LogP contribution in [0.2, 0.25) is 0 Å². The van der Waals surface area contributed by atoms with E-state index in [4.69, 9.17) is 0 Å². The van der Waals surface area contributed by atoms with Gasteiger partial charge in [0.05, 0.1) is 11.6 Å². The van der Waals surface area contributed by atoms with Gasteiger partial charge in [0.25, 0.3) is 5.91 Å². The van der Waals surface area contributed by atoms with Gasteiger partial charge < -0.3 is 9.88 Å². The number of likely N-dealkylation sites (tertiary alicyclic amines) is 1. The van der Waals surface area contributed by atoms with Gasteiger partial charge in [-0.2, -0.15) is 0 Å². The lowest BCUT2D eigenvalue weighted by Crippen LogP contribution is -2.57. The van der Waals surface area contributed by atoms with Crippen molar-refractivity contribution in [2.24, 2.45) is 5.41 Å². The molecule has 1 aliphatic heterocycles. The number of hydrogen-bond acceptors (Lipinski definition) is 3. The van der Waals surface area contributed by atoms with Crippen LogP contribution in [0.1, 0.15) is 35.8 Å². The number of H-pyrrole nitrogens is 1. The lowest BCUT2D eigenvalue weighted by Gasteiger charge is -2.54. The molecule has 0 saturated carbocycles. The van der Waals surface area contributed by atoms with Crippen molar-refractivity contribution in [2.75, 3.05) is 6.54 Å². The van der Waals surface area contributed by atoms with Gasteiger partial charge in [0.15, 0.2) is 0 Å². The van der Waals surface area contributed by atoms with Crippen LogP contribution in [-0.2, 0) is 0 Å². The van der Waals surface area contributed by atoms with E-state index in [1.165, 1.54) is 0 Å². The quantitative estimate of drug-likeness (QED) is 0.791. The predicted octanol–water partition coefficient (Wildman–Crippen LogP) is 3.18. The van der Waals surface area contributed by atoms with Crippen molar-refractivity contribution in [1.82, 2.24) is 19.9 Å². The number of nitrogens with zero attached hydrogens (tertiary/aromatic N) is 3. The van der Waals surface area contributed by atoms with Crippen LogP contribution in [-0.4, -0.2) is 32.3 Å². The summed E-state index contributed by atoms with van der Waals surface area (Å²) >= 11 is 0. The van der Waals surface area contributed by atoms with Crippen LogP contribution in [0.25, 0.3) is 11.0 Å². The normalized spacial score (nSPS) is 19.6. The van der Waals surface area contributed by atoms with E-state index in [9.17, 15) is 4.79 Å². The van der Waals surface area contributed by atoms with E-state index in [0.717, 1.165) is 23.1 Å². The minimum absolute atomic E-state index is 0.0446. The first-order valence-electron chi connectivity index (χ1n) is 7.71. The first kappa shape index (κ1) is 13.9. The highest BCUT2D eigenvalue weighted by Gasteiger charge is 2.49. The lowest BCUT2D eigenvalue weighted by molar-refractivity contribution is -0.0322. The van der Waals surface area contributed by atoms with Crippen molar-refractivity contribution >= 4 is 16.9 Å². The number of aromatic nitrogens is 3. The molecule has 1 N–H and O–H groups in total. The second-order valence-electron chi connectivity index (χ2n) is 6.71. The van der Waals surface area contributed by atoms with Crippen molar-refractivity contribution in [3.63, 3.8) is 0 Å². The van der Waals surface area contributed by atoms with Crippen LogP contribution in [0.5, 0.6) is 0 Å². The number of carbonyl (C=O) groups excluding carboxylic acids is 1.